The van der Waals surface area contributed by atoms with E-state index in [1.54, 1.807) is 12.1 Å². The summed E-state index contributed by atoms with van der Waals surface area (Å²) < 4.78 is 4.59. The molecule has 0 heterocycles. The van der Waals surface area contributed by atoms with Gasteiger partial charge >= 0.3 is 0 Å². The van der Waals surface area contributed by atoms with E-state index in [2.05, 4.69) is 4.74 Å². The number of hydrogen-bond donors (Lipinski definition) is 2. The summed E-state index contributed by atoms with van der Waals surface area (Å²) in [7, 11) is 0. The maximum atomic E-state index is 7.33. The Labute approximate surface area is 71.0 Å². The highest BCUT2D eigenvalue weighted by atomic mass is 16.5. The molecule has 0 atom stereocenters. The van der Waals surface area contributed by atoms with Crippen molar-refractivity contribution in [1.29, 1.82) is 10.8 Å². The fourth-order valence-electron chi connectivity index (χ4n) is 0.832. The third-order valence-electron chi connectivity index (χ3n) is 1.49. The molecule has 3 heteroatoms. The van der Waals surface area contributed by atoms with Gasteiger partial charge < -0.3 is 4.74 Å². The van der Waals surface area contributed by atoms with E-state index in [9.17, 15) is 0 Å². The first-order valence-corrected chi connectivity index (χ1v) is 3.55. The molecule has 0 amide bonds. The summed E-state index contributed by atoms with van der Waals surface area (Å²) in [6.07, 6.45) is 0.752. The number of nitrogens with one attached hydrogen (secondary N) is 2. The van der Waals surface area contributed by atoms with Gasteiger partial charge in [-0.25, -0.2) is 0 Å². The van der Waals surface area contributed by atoms with Crippen molar-refractivity contribution in [2.75, 3.05) is 0 Å². The molecule has 1 aromatic rings. The summed E-state index contributed by atoms with van der Waals surface area (Å²) >= 11 is 0. The maximum absolute atomic E-state index is 7.33. The standard InChI is InChI=1S/C9H10N2O/c1-7-2-4-8(5-3-7)9(11)12-6-10/h2-6,10-11H,1H3. The van der Waals surface area contributed by atoms with Crippen molar-refractivity contribution in [2.24, 2.45) is 0 Å². The second kappa shape index (κ2) is 3.67. The van der Waals surface area contributed by atoms with Crippen molar-refractivity contribution in [1.82, 2.24) is 0 Å². The Morgan fingerprint density at radius 2 is 1.92 bits per heavy atom. The van der Waals surface area contributed by atoms with Gasteiger partial charge in [-0.1, -0.05) is 17.7 Å². The largest absolute Gasteiger partial charge is 0.428 e. The summed E-state index contributed by atoms with van der Waals surface area (Å²) in [5.41, 5.74) is 1.82. The van der Waals surface area contributed by atoms with Crippen molar-refractivity contribution in [2.45, 2.75) is 6.92 Å². The molecule has 0 radical (unpaired) electrons. The minimum absolute atomic E-state index is 0.00463. The van der Waals surface area contributed by atoms with Gasteiger partial charge in [-0.15, -0.1) is 0 Å². The van der Waals surface area contributed by atoms with Gasteiger partial charge in [-0.05, 0) is 19.1 Å². The molecule has 0 fully saturated rings. The number of ether oxygens (including phenoxy) is 1. The summed E-state index contributed by atoms with van der Waals surface area (Å²) in [6, 6.07) is 7.39. The van der Waals surface area contributed by atoms with Crippen molar-refractivity contribution in [3.63, 3.8) is 0 Å². The molecule has 2 N–H and O–H groups in total. The van der Waals surface area contributed by atoms with Gasteiger partial charge in [-0.3, -0.25) is 10.8 Å². The number of hydrogen-bond acceptors (Lipinski definition) is 3. The van der Waals surface area contributed by atoms with E-state index < -0.39 is 0 Å². The van der Waals surface area contributed by atoms with Crippen LogP contribution < -0.4 is 0 Å². The van der Waals surface area contributed by atoms with Crippen molar-refractivity contribution in [3.8, 4) is 0 Å². The number of rotatable bonds is 2. The maximum Gasteiger partial charge on any atom is 0.220 e. The minimum atomic E-state index is 0.00463. The van der Waals surface area contributed by atoms with Gasteiger partial charge in [0.1, 0.15) is 0 Å². The molecular formula is C9H10N2O. The highest BCUT2D eigenvalue weighted by Gasteiger charge is 1.99. The third kappa shape index (κ3) is 1.92. The molecule has 0 aliphatic rings. The van der Waals surface area contributed by atoms with Gasteiger partial charge in [0.15, 0.2) is 6.40 Å². The Hall–Kier alpha value is -1.64. The first-order chi connectivity index (χ1) is 5.74. The molecular weight excluding hydrogens is 152 g/mol. The lowest BCUT2D eigenvalue weighted by Gasteiger charge is -2.00. The smallest absolute Gasteiger partial charge is 0.220 e. The molecule has 1 aromatic carbocycles. The van der Waals surface area contributed by atoms with Gasteiger partial charge in [0.05, 0.1) is 0 Å². The topological polar surface area (TPSA) is 56.9 Å². The molecule has 0 bridgehead atoms. The predicted octanol–water partition coefficient (Wildman–Crippen LogP) is 1.94. The lowest BCUT2D eigenvalue weighted by Crippen LogP contribution is -2.02. The molecule has 0 aliphatic carbocycles. The zero-order chi connectivity index (χ0) is 8.97. The summed E-state index contributed by atoms with van der Waals surface area (Å²) in [6.45, 7) is 1.98. The molecule has 12 heavy (non-hydrogen) atoms. The quantitative estimate of drug-likeness (QED) is 0.506. The van der Waals surface area contributed by atoms with Crippen LogP contribution in [-0.2, 0) is 4.74 Å². The van der Waals surface area contributed by atoms with Gasteiger partial charge in [0, 0.05) is 5.56 Å². The van der Waals surface area contributed by atoms with Crippen LogP contribution in [0.3, 0.4) is 0 Å². The Kier molecular flexibility index (Phi) is 2.58. The van der Waals surface area contributed by atoms with Crippen molar-refractivity contribution in [3.05, 3.63) is 35.4 Å². The minimum Gasteiger partial charge on any atom is -0.428 e. The highest BCUT2D eigenvalue weighted by molar-refractivity contribution is 5.95. The van der Waals surface area contributed by atoms with Gasteiger partial charge in [-0.2, -0.15) is 0 Å². The average molecular weight is 162 g/mol. The van der Waals surface area contributed by atoms with E-state index >= 15 is 0 Å². The van der Waals surface area contributed by atoms with E-state index in [1.165, 1.54) is 0 Å². The van der Waals surface area contributed by atoms with Crippen LogP contribution in [0.25, 0.3) is 0 Å². The molecule has 0 aliphatic heterocycles. The molecule has 0 saturated carbocycles. The summed E-state index contributed by atoms with van der Waals surface area (Å²) in [5.74, 6) is 0.00463. The fraction of sp³-hybridized carbons (Fsp3) is 0.111. The fourth-order valence-corrected chi connectivity index (χ4v) is 0.832. The van der Waals surface area contributed by atoms with Crippen molar-refractivity contribution >= 4 is 12.3 Å². The van der Waals surface area contributed by atoms with E-state index in [4.69, 9.17) is 10.8 Å². The lowest BCUT2D eigenvalue weighted by atomic mass is 10.1. The first kappa shape index (κ1) is 8.46. The number of benzene rings is 1. The lowest BCUT2D eigenvalue weighted by molar-refractivity contribution is 0.561. The van der Waals surface area contributed by atoms with Crippen LogP contribution in [0.4, 0.5) is 0 Å². The zero-order valence-corrected chi connectivity index (χ0v) is 6.79. The molecule has 62 valence electrons. The second-order valence-electron chi connectivity index (χ2n) is 2.43. The summed E-state index contributed by atoms with van der Waals surface area (Å²) in [5, 5.41) is 14.0. The average Bonchev–Trinajstić information content (AvgIpc) is 2.06. The van der Waals surface area contributed by atoms with Crippen LogP contribution in [-0.4, -0.2) is 12.3 Å². The molecule has 1 rings (SSSR count). The predicted molar refractivity (Wildman–Crippen MR) is 47.9 cm³/mol. The SMILES string of the molecule is Cc1ccc(C(=N)OC=N)cc1. The van der Waals surface area contributed by atoms with E-state index in [0.29, 0.717) is 5.56 Å². The van der Waals surface area contributed by atoms with E-state index in [0.717, 1.165) is 12.0 Å². The van der Waals surface area contributed by atoms with Crippen LogP contribution in [0.1, 0.15) is 11.1 Å². The molecule has 0 unspecified atom stereocenters. The first-order valence-electron chi connectivity index (χ1n) is 3.55. The molecule has 0 saturated heterocycles. The Balaban J connectivity index is 2.82. The Morgan fingerprint density at radius 3 is 2.42 bits per heavy atom. The van der Waals surface area contributed by atoms with Crippen LogP contribution in [0.5, 0.6) is 0 Å². The van der Waals surface area contributed by atoms with Crippen LogP contribution in [0.2, 0.25) is 0 Å². The van der Waals surface area contributed by atoms with E-state index in [-0.39, 0.29) is 5.90 Å². The van der Waals surface area contributed by atoms with Gasteiger partial charge in [0.25, 0.3) is 0 Å². The number of aryl methyl sites for hydroxylation is 1. The van der Waals surface area contributed by atoms with Crippen LogP contribution in [0.15, 0.2) is 24.3 Å². The second-order valence-corrected chi connectivity index (χ2v) is 2.43. The zero-order valence-electron chi connectivity index (χ0n) is 6.79. The van der Waals surface area contributed by atoms with Crippen LogP contribution >= 0.6 is 0 Å². The normalized spacial score (nSPS) is 9.08. The molecule has 3 nitrogen and oxygen atoms in total. The molecule has 0 spiro atoms. The monoisotopic (exact) mass is 162 g/mol. The van der Waals surface area contributed by atoms with Crippen LogP contribution in [0, 0.1) is 17.7 Å². The van der Waals surface area contributed by atoms with Crippen molar-refractivity contribution < 1.29 is 4.74 Å². The van der Waals surface area contributed by atoms with Gasteiger partial charge in [0.2, 0.25) is 5.90 Å². The highest BCUT2D eigenvalue weighted by Crippen LogP contribution is 2.03. The van der Waals surface area contributed by atoms with E-state index in [1.807, 2.05) is 19.1 Å². The Morgan fingerprint density at radius 1 is 1.33 bits per heavy atom. The Bertz CT molecular complexity index is 290. The molecule has 0 aromatic heterocycles. The third-order valence-corrected chi connectivity index (χ3v) is 1.49. The summed E-state index contributed by atoms with van der Waals surface area (Å²) in [4.78, 5) is 0.